The molecule has 6 heteroatoms. The Hall–Kier alpha value is -3.51. The first kappa shape index (κ1) is 18.8. The SMILES string of the molecule is COc1ccccc1-c1nc(COC(=O)/C=C/c2cccc3cccnc23)cs1. The molecular weight excluding hydrogens is 384 g/mol. The van der Waals surface area contributed by atoms with Crippen LogP contribution in [0, 0.1) is 0 Å². The van der Waals surface area contributed by atoms with Crippen LogP contribution in [0.5, 0.6) is 5.75 Å². The number of benzene rings is 2. The van der Waals surface area contributed by atoms with Gasteiger partial charge >= 0.3 is 5.97 Å². The van der Waals surface area contributed by atoms with Crippen molar-refractivity contribution in [2.24, 2.45) is 0 Å². The second kappa shape index (κ2) is 8.67. The zero-order valence-corrected chi connectivity index (χ0v) is 16.6. The summed E-state index contributed by atoms with van der Waals surface area (Å²) in [6.45, 7) is 0.114. The maximum absolute atomic E-state index is 12.1. The summed E-state index contributed by atoms with van der Waals surface area (Å²) < 4.78 is 10.7. The molecule has 4 aromatic rings. The van der Waals surface area contributed by atoms with Crippen molar-refractivity contribution in [3.63, 3.8) is 0 Å². The van der Waals surface area contributed by atoms with Crippen molar-refractivity contribution in [1.82, 2.24) is 9.97 Å². The molecule has 0 bridgehead atoms. The van der Waals surface area contributed by atoms with E-state index in [2.05, 4.69) is 9.97 Å². The maximum atomic E-state index is 12.1. The van der Waals surface area contributed by atoms with E-state index in [0.29, 0.717) is 5.69 Å². The summed E-state index contributed by atoms with van der Waals surface area (Å²) in [5, 5.41) is 3.73. The topological polar surface area (TPSA) is 61.3 Å². The Labute approximate surface area is 172 Å². The van der Waals surface area contributed by atoms with Crippen molar-refractivity contribution in [3.05, 3.63) is 83.5 Å². The summed E-state index contributed by atoms with van der Waals surface area (Å²) in [6, 6.07) is 17.4. The molecule has 144 valence electrons. The molecule has 0 aliphatic carbocycles. The molecule has 0 aliphatic heterocycles. The second-order valence-electron chi connectivity index (χ2n) is 6.21. The zero-order valence-electron chi connectivity index (χ0n) is 15.7. The molecule has 0 saturated carbocycles. The van der Waals surface area contributed by atoms with E-state index in [-0.39, 0.29) is 6.61 Å². The number of nitrogens with zero attached hydrogens (tertiary/aromatic N) is 2. The van der Waals surface area contributed by atoms with Crippen molar-refractivity contribution < 1.29 is 14.3 Å². The first-order valence-corrected chi connectivity index (χ1v) is 9.89. The van der Waals surface area contributed by atoms with Crippen LogP contribution < -0.4 is 4.74 Å². The highest BCUT2D eigenvalue weighted by Gasteiger charge is 2.10. The van der Waals surface area contributed by atoms with E-state index < -0.39 is 5.97 Å². The third-order valence-corrected chi connectivity index (χ3v) is 5.24. The van der Waals surface area contributed by atoms with Crippen LogP contribution in [0.15, 0.2) is 72.3 Å². The Morgan fingerprint density at radius 1 is 1.10 bits per heavy atom. The molecule has 0 amide bonds. The number of ether oxygens (including phenoxy) is 2. The molecule has 29 heavy (non-hydrogen) atoms. The van der Waals surface area contributed by atoms with Crippen LogP contribution in [0.25, 0.3) is 27.6 Å². The molecule has 4 rings (SSSR count). The number of pyridine rings is 1. The minimum absolute atomic E-state index is 0.114. The molecule has 0 fully saturated rings. The smallest absolute Gasteiger partial charge is 0.331 e. The highest BCUT2D eigenvalue weighted by Crippen LogP contribution is 2.32. The van der Waals surface area contributed by atoms with Gasteiger partial charge in [-0.3, -0.25) is 4.98 Å². The van der Waals surface area contributed by atoms with Crippen molar-refractivity contribution in [2.45, 2.75) is 6.61 Å². The molecule has 2 aromatic heterocycles. The molecule has 5 nitrogen and oxygen atoms in total. The number of thiazole rings is 1. The lowest BCUT2D eigenvalue weighted by molar-refractivity contribution is -0.139. The summed E-state index contributed by atoms with van der Waals surface area (Å²) >= 11 is 1.49. The standard InChI is InChI=1S/C23H18N2O3S/c1-27-20-10-3-2-9-19(20)23-25-18(15-29-23)14-28-21(26)12-11-17-7-4-6-16-8-5-13-24-22(16)17/h2-13,15H,14H2,1H3/b12-11+. The predicted octanol–water partition coefficient (Wildman–Crippen LogP) is 5.12. The van der Waals surface area contributed by atoms with Gasteiger partial charge in [0.05, 0.1) is 23.9 Å². The summed E-state index contributed by atoms with van der Waals surface area (Å²) in [6.07, 6.45) is 4.87. The molecular formula is C23H18N2O3S. The van der Waals surface area contributed by atoms with Gasteiger partial charge in [-0.25, -0.2) is 9.78 Å². The molecule has 0 saturated heterocycles. The largest absolute Gasteiger partial charge is 0.496 e. The van der Waals surface area contributed by atoms with E-state index in [4.69, 9.17) is 9.47 Å². The Balaban J connectivity index is 1.41. The predicted molar refractivity (Wildman–Crippen MR) is 115 cm³/mol. The number of carbonyl (C=O) groups excluding carboxylic acids is 1. The van der Waals surface area contributed by atoms with Gasteiger partial charge in [0.25, 0.3) is 0 Å². The van der Waals surface area contributed by atoms with E-state index >= 15 is 0 Å². The summed E-state index contributed by atoms with van der Waals surface area (Å²) in [7, 11) is 1.63. The quantitative estimate of drug-likeness (QED) is 0.331. The van der Waals surface area contributed by atoms with Crippen molar-refractivity contribution >= 4 is 34.3 Å². The van der Waals surface area contributed by atoms with Gasteiger partial charge < -0.3 is 9.47 Å². The maximum Gasteiger partial charge on any atom is 0.331 e. The third kappa shape index (κ3) is 4.33. The molecule has 0 unspecified atom stereocenters. The molecule has 0 N–H and O–H groups in total. The van der Waals surface area contributed by atoms with E-state index in [1.807, 2.05) is 60.0 Å². The lowest BCUT2D eigenvalue weighted by atomic mass is 10.1. The van der Waals surface area contributed by atoms with Gasteiger partial charge in [-0.1, -0.05) is 36.4 Å². The van der Waals surface area contributed by atoms with Gasteiger partial charge in [0.2, 0.25) is 0 Å². The van der Waals surface area contributed by atoms with Gasteiger partial charge in [-0.15, -0.1) is 11.3 Å². The summed E-state index contributed by atoms with van der Waals surface area (Å²) in [5.74, 6) is 0.335. The van der Waals surface area contributed by atoms with Crippen LogP contribution in [0.1, 0.15) is 11.3 Å². The van der Waals surface area contributed by atoms with Gasteiger partial charge in [0.1, 0.15) is 17.4 Å². The number of carbonyl (C=O) groups is 1. The van der Waals surface area contributed by atoms with E-state index in [1.165, 1.54) is 17.4 Å². The van der Waals surface area contributed by atoms with Crippen molar-refractivity contribution in [3.8, 4) is 16.3 Å². The van der Waals surface area contributed by atoms with Crippen LogP contribution in [-0.2, 0) is 16.1 Å². The average molecular weight is 402 g/mol. The molecule has 0 aliphatic rings. The van der Waals surface area contributed by atoms with E-state index in [9.17, 15) is 4.79 Å². The monoisotopic (exact) mass is 402 g/mol. The summed E-state index contributed by atoms with van der Waals surface area (Å²) in [4.78, 5) is 21.1. The Morgan fingerprint density at radius 3 is 2.86 bits per heavy atom. The second-order valence-corrected chi connectivity index (χ2v) is 7.07. The first-order chi connectivity index (χ1) is 14.2. The molecule has 0 atom stereocenters. The Kier molecular flexibility index (Phi) is 5.63. The van der Waals surface area contributed by atoms with Gasteiger partial charge in [-0.05, 0) is 24.3 Å². The first-order valence-electron chi connectivity index (χ1n) is 9.01. The summed E-state index contributed by atoms with van der Waals surface area (Å²) in [5.41, 5.74) is 3.33. The molecule has 2 aromatic carbocycles. The lowest BCUT2D eigenvalue weighted by Crippen LogP contribution is -2.01. The van der Waals surface area contributed by atoms with Crippen LogP contribution in [-0.4, -0.2) is 23.0 Å². The molecule has 0 spiro atoms. The van der Waals surface area contributed by atoms with E-state index in [0.717, 1.165) is 32.8 Å². The highest BCUT2D eigenvalue weighted by molar-refractivity contribution is 7.13. The fourth-order valence-electron chi connectivity index (χ4n) is 2.93. The van der Waals surface area contributed by atoms with Crippen LogP contribution in [0.2, 0.25) is 0 Å². The van der Waals surface area contributed by atoms with Crippen molar-refractivity contribution in [1.29, 1.82) is 0 Å². The number of para-hydroxylation sites is 2. The fourth-order valence-corrected chi connectivity index (χ4v) is 3.77. The number of hydrogen-bond donors (Lipinski definition) is 0. The van der Waals surface area contributed by atoms with Crippen LogP contribution in [0.4, 0.5) is 0 Å². The van der Waals surface area contributed by atoms with Gasteiger partial charge in [0, 0.05) is 28.6 Å². The third-order valence-electron chi connectivity index (χ3n) is 4.31. The minimum atomic E-state index is -0.426. The molecule has 2 heterocycles. The number of rotatable bonds is 6. The van der Waals surface area contributed by atoms with Crippen LogP contribution >= 0.6 is 11.3 Å². The van der Waals surface area contributed by atoms with Gasteiger partial charge in [0.15, 0.2) is 0 Å². The number of methoxy groups -OCH3 is 1. The highest BCUT2D eigenvalue weighted by atomic mass is 32.1. The zero-order chi connectivity index (χ0) is 20.1. The average Bonchev–Trinajstić information content (AvgIpc) is 3.25. The number of hydrogen-bond acceptors (Lipinski definition) is 6. The Morgan fingerprint density at radius 2 is 1.97 bits per heavy atom. The normalized spacial score (nSPS) is 11.1. The van der Waals surface area contributed by atoms with Crippen molar-refractivity contribution in [2.75, 3.05) is 7.11 Å². The number of fused-ring (bicyclic) bond motifs is 1. The Bertz CT molecular complexity index is 1180. The van der Waals surface area contributed by atoms with Crippen LogP contribution in [0.3, 0.4) is 0 Å². The lowest BCUT2D eigenvalue weighted by Gasteiger charge is -2.04. The van der Waals surface area contributed by atoms with Gasteiger partial charge in [-0.2, -0.15) is 0 Å². The van der Waals surface area contributed by atoms with E-state index in [1.54, 1.807) is 19.4 Å². The number of aromatic nitrogens is 2. The number of esters is 1. The minimum Gasteiger partial charge on any atom is -0.496 e. The molecule has 0 radical (unpaired) electrons. The fraction of sp³-hybridized carbons (Fsp3) is 0.0870.